The molecule has 2 nitrogen and oxygen atoms in total. The van der Waals surface area contributed by atoms with Gasteiger partial charge < -0.3 is 10.5 Å². The molecule has 2 N–H and O–H groups in total. The Labute approximate surface area is 113 Å². The zero-order valence-electron chi connectivity index (χ0n) is 11.2. The van der Waals surface area contributed by atoms with E-state index in [2.05, 4.69) is 6.07 Å². The second-order valence-electron chi connectivity index (χ2n) is 4.73. The number of aryl methyl sites for hydroxylation is 2. The minimum absolute atomic E-state index is 0.276. The van der Waals surface area contributed by atoms with Crippen LogP contribution in [0.25, 0.3) is 0 Å². The maximum atomic E-state index is 13.4. The van der Waals surface area contributed by atoms with Gasteiger partial charge in [0.25, 0.3) is 0 Å². The molecule has 0 unspecified atom stereocenters. The molecule has 0 amide bonds. The van der Waals surface area contributed by atoms with Gasteiger partial charge in [0.15, 0.2) is 0 Å². The Morgan fingerprint density at radius 3 is 2.47 bits per heavy atom. The first kappa shape index (κ1) is 13.6. The van der Waals surface area contributed by atoms with E-state index >= 15 is 0 Å². The fourth-order valence-corrected chi connectivity index (χ4v) is 2.04. The van der Waals surface area contributed by atoms with Crippen molar-refractivity contribution in [2.24, 2.45) is 5.73 Å². The van der Waals surface area contributed by atoms with Crippen LogP contribution >= 0.6 is 0 Å². The maximum Gasteiger partial charge on any atom is 0.123 e. The van der Waals surface area contributed by atoms with E-state index in [0.717, 1.165) is 22.4 Å². The smallest absolute Gasteiger partial charge is 0.123 e. The Bertz CT molecular complexity index is 581. The molecule has 2 rings (SSSR count). The molecule has 0 saturated heterocycles. The second kappa shape index (κ2) is 5.85. The highest BCUT2D eigenvalue weighted by Crippen LogP contribution is 2.20. The Hall–Kier alpha value is -1.87. The number of hydrogen-bond acceptors (Lipinski definition) is 2. The number of benzene rings is 2. The minimum Gasteiger partial charge on any atom is -0.489 e. The molecule has 2 aromatic rings. The highest BCUT2D eigenvalue weighted by atomic mass is 19.1. The lowest BCUT2D eigenvalue weighted by molar-refractivity contribution is 0.303. The van der Waals surface area contributed by atoms with Gasteiger partial charge in [0.1, 0.15) is 18.2 Å². The molecular weight excluding hydrogens is 241 g/mol. The predicted octanol–water partition coefficient (Wildman–Crippen LogP) is 3.48. The number of ether oxygens (including phenoxy) is 1. The first-order valence-electron chi connectivity index (χ1n) is 6.27. The molecule has 2 aromatic carbocycles. The summed E-state index contributed by atoms with van der Waals surface area (Å²) < 4.78 is 19.1. The zero-order valence-corrected chi connectivity index (χ0v) is 11.2. The normalized spacial score (nSPS) is 10.5. The third-order valence-electron chi connectivity index (χ3n) is 2.98. The summed E-state index contributed by atoms with van der Waals surface area (Å²) in [6.45, 7) is 4.71. The molecule has 19 heavy (non-hydrogen) atoms. The summed E-state index contributed by atoms with van der Waals surface area (Å²) in [5.41, 5.74) is 9.37. The average molecular weight is 259 g/mol. The molecule has 0 bridgehead atoms. The van der Waals surface area contributed by atoms with Crippen molar-refractivity contribution in [3.8, 4) is 5.75 Å². The van der Waals surface area contributed by atoms with Gasteiger partial charge in [-0.15, -0.1) is 0 Å². The first-order chi connectivity index (χ1) is 9.08. The quantitative estimate of drug-likeness (QED) is 0.912. The average Bonchev–Trinajstić information content (AvgIpc) is 2.37. The number of nitrogens with two attached hydrogens (primary N) is 1. The summed E-state index contributed by atoms with van der Waals surface area (Å²) in [7, 11) is 0. The largest absolute Gasteiger partial charge is 0.489 e. The van der Waals surface area contributed by atoms with Crippen LogP contribution in [-0.2, 0) is 13.2 Å². The van der Waals surface area contributed by atoms with Crippen molar-refractivity contribution in [3.63, 3.8) is 0 Å². The van der Waals surface area contributed by atoms with E-state index in [4.69, 9.17) is 10.5 Å². The van der Waals surface area contributed by atoms with Crippen LogP contribution in [0.15, 0.2) is 36.4 Å². The summed E-state index contributed by atoms with van der Waals surface area (Å²) in [6, 6.07) is 10.8. The fourth-order valence-electron chi connectivity index (χ4n) is 2.04. The van der Waals surface area contributed by atoms with E-state index in [0.29, 0.717) is 13.2 Å². The summed E-state index contributed by atoms with van der Waals surface area (Å²) in [5.74, 6) is 0.548. The molecule has 0 aliphatic carbocycles. The van der Waals surface area contributed by atoms with Crippen molar-refractivity contribution < 1.29 is 9.13 Å². The van der Waals surface area contributed by atoms with Crippen molar-refractivity contribution >= 4 is 0 Å². The highest BCUT2D eigenvalue weighted by Gasteiger charge is 2.03. The van der Waals surface area contributed by atoms with Gasteiger partial charge in [-0.05, 0) is 48.7 Å². The molecular formula is C16H18FNO. The second-order valence-corrected chi connectivity index (χ2v) is 4.73. The molecule has 0 fully saturated rings. The SMILES string of the molecule is Cc1ccc(OCc2cc(F)cc(CN)c2)c(C)c1. The Morgan fingerprint density at radius 1 is 1.05 bits per heavy atom. The summed E-state index contributed by atoms with van der Waals surface area (Å²) in [5, 5.41) is 0. The Kier molecular flexibility index (Phi) is 4.17. The number of rotatable bonds is 4. The maximum absolute atomic E-state index is 13.4. The molecule has 100 valence electrons. The van der Waals surface area contributed by atoms with Gasteiger partial charge in [-0.2, -0.15) is 0 Å². The molecule has 3 heteroatoms. The van der Waals surface area contributed by atoms with E-state index in [1.54, 1.807) is 0 Å². The van der Waals surface area contributed by atoms with Crippen molar-refractivity contribution in [1.82, 2.24) is 0 Å². The van der Waals surface area contributed by atoms with Crippen LogP contribution in [-0.4, -0.2) is 0 Å². The van der Waals surface area contributed by atoms with Gasteiger partial charge in [-0.1, -0.05) is 23.8 Å². The highest BCUT2D eigenvalue weighted by molar-refractivity contribution is 5.36. The first-order valence-corrected chi connectivity index (χ1v) is 6.27. The monoisotopic (exact) mass is 259 g/mol. The van der Waals surface area contributed by atoms with Gasteiger partial charge >= 0.3 is 0 Å². The van der Waals surface area contributed by atoms with Gasteiger partial charge in [-0.25, -0.2) is 4.39 Å². The number of hydrogen-bond donors (Lipinski definition) is 1. The topological polar surface area (TPSA) is 35.2 Å². The van der Waals surface area contributed by atoms with Gasteiger partial charge in [0, 0.05) is 6.54 Å². The van der Waals surface area contributed by atoms with Gasteiger partial charge in [0.2, 0.25) is 0 Å². The van der Waals surface area contributed by atoms with Crippen LogP contribution < -0.4 is 10.5 Å². The van der Waals surface area contributed by atoms with E-state index in [1.165, 1.54) is 17.7 Å². The van der Waals surface area contributed by atoms with Crippen LogP contribution in [0.4, 0.5) is 4.39 Å². The lowest BCUT2D eigenvalue weighted by Gasteiger charge is -2.10. The Balaban J connectivity index is 2.12. The number of halogens is 1. The fraction of sp³-hybridized carbons (Fsp3) is 0.250. The Morgan fingerprint density at radius 2 is 1.79 bits per heavy atom. The summed E-state index contributed by atoms with van der Waals surface area (Å²) >= 11 is 0. The predicted molar refractivity (Wildman–Crippen MR) is 74.5 cm³/mol. The standard InChI is InChI=1S/C16H18FNO/c1-11-3-4-16(12(2)5-11)19-10-14-6-13(9-18)7-15(17)8-14/h3-8H,9-10,18H2,1-2H3. The van der Waals surface area contributed by atoms with Crippen LogP contribution in [0.5, 0.6) is 5.75 Å². The lowest BCUT2D eigenvalue weighted by atomic mass is 10.1. The van der Waals surface area contributed by atoms with Crippen LogP contribution in [0.2, 0.25) is 0 Å². The molecule has 0 aliphatic heterocycles. The van der Waals surface area contributed by atoms with Crippen molar-refractivity contribution in [2.45, 2.75) is 27.0 Å². The van der Waals surface area contributed by atoms with E-state index in [9.17, 15) is 4.39 Å². The summed E-state index contributed by atoms with van der Waals surface area (Å²) in [6.07, 6.45) is 0. The summed E-state index contributed by atoms with van der Waals surface area (Å²) in [4.78, 5) is 0. The van der Waals surface area contributed by atoms with Gasteiger partial charge in [-0.3, -0.25) is 0 Å². The van der Waals surface area contributed by atoms with Crippen LogP contribution in [0.1, 0.15) is 22.3 Å². The van der Waals surface area contributed by atoms with Crippen molar-refractivity contribution in [2.75, 3.05) is 0 Å². The molecule has 0 heterocycles. The molecule has 0 atom stereocenters. The zero-order chi connectivity index (χ0) is 13.8. The van der Waals surface area contributed by atoms with Crippen molar-refractivity contribution in [1.29, 1.82) is 0 Å². The van der Waals surface area contributed by atoms with E-state index in [-0.39, 0.29) is 5.82 Å². The molecule has 0 radical (unpaired) electrons. The molecule has 0 aliphatic rings. The van der Waals surface area contributed by atoms with E-state index in [1.807, 2.05) is 32.0 Å². The van der Waals surface area contributed by atoms with Gasteiger partial charge in [0.05, 0.1) is 0 Å². The van der Waals surface area contributed by atoms with Crippen LogP contribution in [0, 0.1) is 19.7 Å². The molecule has 0 spiro atoms. The molecule has 0 aromatic heterocycles. The third kappa shape index (κ3) is 3.55. The van der Waals surface area contributed by atoms with Crippen molar-refractivity contribution in [3.05, 3.63) is 64.5 Å². The van der Waals surface area contributed by atoms with Crippen LogP contribution in [0.3, 0.4) is 0 Å². The van der Waals surface area contributed by atoms with E-state index < -0.39 is 0 Å². The minimum atomic E-state index is -0.276. The lowest BCUT2D eigenvalue weighted by Crippen LogP contribution is -2.02. The third-order valence-corrected chi connectivity index (χ3v) is 2.98. The molecule has 0 saturated carbocycles.